The summed E-state index contributed by atoms with van der Waals surface area (Å²) in [7, 11) is 0. The minimum absolute atomic E-state index is 0.00177. The lowest BCUT2D eigenvalue weighted by molar-refractivity contribution is -0.142. The highest BCUT2D eigenvalue weighted by atomic mass is 16.4. The quantitative estimate of drug-likeness (QED) is 0.0938. The van der Waals surface area contributed by atoms with Crippen LogP contribution in [0.25, 0.3) is 0 Å². The van der Waals surface area contributed by atoms with Crippen molar-refractivity contribution < 1.29 is 34.5 Å². The predicted molar refractivity (Wildman–Crippen MR) is 167 cm³/mol. The molecule has 4 atom stereocenters. The summed E-state index contributed by atoms with van der Waals surface area (Å²) in [4.78, 5) is 59.4. The summed E-state index contributed by atoms with van der Waals surface area (Å²) in [6.45, 7) is 0. The van der Waals surface area contributed by atoms with Crippen LogP contribution in [-0.2, 0) is 44.9 Å². The van der Waals surface area contributed by atoms with Gasteiger partial charge in [-0.25, -0.2) is 9.78 Å². The number of carboxylic acid groups (broad SMARTS) is 1. The van der Waals surface area contributed by atoms with Crippen molar-refractivity contribution in [3.63, 3.8) is 0 Å². The molecule has 9 N–H and O–H groups in total. The number of benzene rings is 3. The van der Waals surface area contributed by atoms with E-state index in [9.17, 15) is 34.5 Å². The average molecular weight is 629 g/mol. The third kappa shape index (κ3) is 9.92. The van der Waals surface area contributed by atoms with E-state index in [2.05, 4.69) is 25.9 Å². The first-order chi connectivity index (χ1) is 22.1. The van der Waals surface area contributed by atoms with Crippen LogP contribution in [0.4, 0.5) is 0 Å². The topological polar surface area (TPSA) is 220 Å². The number of nitrogens with two attached hydrogens (primary N) is 1. The number of carboxylic acids is 1. The maximum Gasteiger partial charge on any atom is 0.326 e. The van der Waals surface area contributed by atoms with E-state index in [4.69, 9.17) is 5.73 Å². The van der Waals surface area contributed by atoms with Gasteiger partial charge in [-0.1, -0.05) is 54.6 Å². The van der Waals surface area contributed by atoms with Crippen molar-refractivity contribution in [3.8, 4) is 11.5 Å². The molecule has 0 radical (unpaired) electrons. The number of aliphatic carboxylic acids is 1. The molecule has 3 aromatic carbocycles. The molecule has 0 aliphatic rings. The van der Waals surface area contributed by atoms with Crippen molar-refractivity contribution in [1.29, 1.82) is 0 Å². The lowest BCUT2D eigenvalue weighted by Gasteiger charge is -2.25. The third-order valence-corrected chi connectivity index (χ3v) is 7.25. The van der Waals surface area contributed by atoms with Crippen molar-refractivity contribution in [2.45, 2.75) is 49.9 Å². The van der Waals surface area contributed by atoms with Gasteiger partial charge in [0.25, 0.3) is 0 Å². The number of hydrogen-bond acceptors (Lipinski definition) is 8. The molecule has 1 heterocycles. The Morgan fingerprint density at radius 3 is 1.67 bits per heavy atom. The summed E-state index contributed by atoms with van der Waals surface area (Å²) in [5.74, 6) is -3.24. The molecule has 0 aliphatic heterocycles. The zero-order valence-corrected chi connectivity index (χ0v) is 24.8. The Kier molecular flexibility index (Phi) is 11.5. The van der Waals surface area contributed by atoms with Gasteiger partial charge in [0.15, 0.2) is 0 Å². The monoisotopic (exact) mass is 628 g/mol. The Labute approximate surface area is 264 Å². The molecular formula is C33H36N6O7. The standard InChI is InChI=1S/C33H36N6O7/c34-26(14-21-6-10-24(40)11-7-21)30(42)37-28(17-23-18-35-19-36-23)32(44)38-27(15-20-4-2-1-3-5-20)31(43)39-29(33(45)46)16-22-8-12-25(41)13-9-22/h1-13,18-19,26-29,40-41H,14-17,34H2,(H,35,36)(H,37,42)(H,38,44)(H,39,43)(H,45,46). The van der Waals surface area contributed by atoms with E-state index in [1.165, 1.54) is 36.8 Å². The zero-order chi connectivity index (χ0) is 33.1. The lowest BCUT2D eigenvalue weighted by Crippen LogP contribution is -2.58. The summed E-state index contributed by atoms with van der Waals surface area (Å²) < 4.78 is 0. The largest absolute Gasteiger partial charge is 0.508 e. The first kappa shape index (κ1) is 33.2. The van der Waals surface area contributed by atoms with Crippen LogP contribution in [0.15, 0.2) is 91.4 Å². The Bertz CT molecular complexity index is 1600. The molecule has 0 spiro atoms. The van der Waals surface area contributed by atoms with Crippen LogP contribution in [0, 0.1) is 0 Å². The summed E-state index contributed by atoms with van der Waals surface area (Å²) in [6.07, 6.45) is 3.04. The number of phenols is 2. The van der Waals surface area contributed by atoms with E-state index in [1.807, 2.05) is 0 Å². The molecule has 0 saturated heterocycles. The van der Waals surface area contributed by atoms with E-state index in [0.29, 0.717) is 22.4 Å². The molecule has 4 rings (SSSR count). The molecular weight excluding hydrogens is 592 g/mol. The van der Waals surface area contributed by atoms with Crippen LogP contribution in [0.5, 0.6) is 11.5 Å². The fourth-order valence-electron chi connectivity index (χ4n) is 4.75. The second-order valence-electron chi connectivity index (χ2n) is 10.8. The van der Waals surface area contributed by atoms with Gasteiger partial charge >= 0.3 is 5.97 Å². The van der Waals surface area contributed by atoms with E-state index in [-0.39, 0.29) is 37.2 Å². The number of aromatic nitrogens is 2. The molecule has 0 bridgehead atoms. The number of nitrogens with one attached hydrogen (secondary N) is 4. The second-order valence-corrected chi connectivity index (χ2v) is 10.8. The van der Waals surface area contributed by atoms with Gasteiger partial charge in [0.2, 0.25) is 17.7 Å². The van der Waals surface area contributed by atoms with E-state index in [0.717, 1.165) is 0 Å². The van der Waals surface area contributed by atoms with Gasteiger partial charge < -0.3 is 42.0 Å². The second kappa shape index (κ2) is 15.9. The van der Waals surface area contributed by atoms with Crippen molar-refractivity contribution >= 4 is 23.7 Å². The van der Waals surface area contributed by atoms with Crippen LogP contribution in [-0.4, -0.2) is 73.1 Å². The summed E-state index contributed by atoms with van der Waals surface area (Å²) >= 11 is 0. The van der Waals surface area contributed by atoms with Crippen LogP contribution < -0.4 is 21.7 Å². The molecule has 46 heavy (non-hydrogen) atoms. The normalized spacial score (nSPS) is 13.5. The number of carbonyl (C=O) groups excluding carboxylic acids is 3. The van der Waals surface area contributed by atoms with Gasteiger partial charge in [-0.15, -0.1) is 0 Å². The first-order valence-corrected chi connectivity index (χ1v) is 14.5. The molecule has 13 nitrogen and oxygen atoms in total. The number of H-pyrrole nitrogens is 1. The maximum atomic E-state index is 13.7. The zero-order valence-electron chi connectivity index (χ0n) is 24.8. The Hall–Kier alpha value is -5.69. The molecule has 0 fully saturated rings. The van der Waals surface area contributed by atoms with Gasteiger partial charge in [-0.05, 0) is 47.4 Å². The van der Waals surface area contributed by atoms with Crippen LogP contribution >= 0.6 is 0 Å². The van der Waals surface area contributed by atoms with Gasteiger partial charge in [-0.2, -0.15) is 0 Å². The number of rotatable bonds is 15. The number of amides is 3. The fraction of sp³-hybridized carbons (Fsp3) is 0.242. The number of nitrogens with zero attached hydrogens (tertiary/aromatic N) is 1. The minimum atomic E-state index is -1.33. The van der Waals surface area contributed by atoms with Gasteiger partial charge in [0.1, 0.15) is 29.6 Å². The number of aromatic amines is 1. The fourth-order valence-corrected chi connectivity index (χ4v) is 4.75. The van der Waals surface area contributed by atoms with Crippen LogP contribution in [0.2, 0.25) is 0 Å². The van der Waals surface area contributed by atoms with Crippen LogP contribution in [0.1, 0.15) is 22.4 Å². The third-order valence-electron chi connectivity index (χ3n) is 7.25. The number of phenolic OH excluding ortho intramolecular Hbond substituents is 2. The number of carbonyl (C=O) groups is 4. The van der Waals surface area contributed by atoms with Crippen molar-refractivity contribution in [2.75, 3.05) is 0 Å². The van der Waals surface area contributed by atoms with E-state index < -0.39 is 47.9 Å². The summed E-state index contributed by atoms with van der Waals surface area (Å²) in [5.41, 5.74) is 8.67. The molecule has 0 saturated carbocycles. The summed E-state index contributed by atoms with van der Waals surface area (Å²) in [5, 5.41) is 36.8. The van der Waals surface area contributed by atoms with Crippen molar-refractivity contribution in [1.82, 2.24) is 25.9 Å². The molecule has 13 heteroatoms. The number of imidazole rings is 1. The molecule has 240 valence electrons. The Balaban J connectivity index is 1.52. The van der Waals surface area contributed by atoms with Crippen LogP contribution in [0.3, 0.4) is 0 Å². The molecule has 1 aromatic heterocycles. The van der Waals surface area contributed by atoms with Gasteiger partial charge in [0, 0.05) is 31.2 Å². The highest BCUT2D eigenvalue weighted by Crippen LogP contribution is 2.13. The first-order valence-electron chi connectivity index (χ1n) is 14.5. The SMILES string of the molecule is NC(Cc1ccc(O)cc1)C(=O)NC(Cc1cnc[nH]1)C(=O)NC(Cc1ccccc1)C(=O)NC(Cc1ccc(O)cc1)C(=O)O. The van der Waals surface area contributed by atoms with E-state index in [1.54, 1.807) is 54.6 Å². The molecule has 4 unspecified atom stereocenters. The highest BCUT2D eigenvalue weighted by Gasteiger charge is 2.31. The lowest BCUT2D eigenvalue weighted by atomic mass is 10.0. The predicted octanol–water partition coefficient (Wildman–Crippen LogP) is 0.958. The molecule has 3 amide bonds. The Morgan fingerprint density at radius 1 is 0.652 bits per heavy atom. The smallest absolute Gasteiger partial charge is 0.326 e. The summed E-state index contributed by atoms with van der Waals surface area (Å²) in [6, 6.07) is 16.3. The highest BCUT2D eigenvalue weighted by molar-refractivity contribution is 5.94. The van der Waals surface area contributed by atoms with Crippen molar-refractivity contribution in [2.24, 2.45) is 5.73 Å². The Morgan fingerprint density at radius 2 is 1.13 bits per heavy atom. The number of aromatic hydroxyl groups is 2. The van der Waals surface area contributed by atoms with E-state index >= 15 is 0 Å². The number of hydrogen-bond donors (Lipinski definition) is 8. The maximum absolute atomic E-state index is 13.7. The molecule has 0 aliphatic carbocycles. The molecule has 4 aromatic rings. The van der Waals surface area contributed by atoms with Gasteiger partial charge in [0.05, 0.1) is 12.4 Å². The van der Waals surface area contributed by atoms with Gasteiger partial charge in [-0.3, -0.25) is 14.4 Å². The minimum Gasteiger partial charge on any atom is -0.508 e. The van der Waals surface area contributed by atoms with Crippen molar-refractivity contribution in [3.05, 3.63) is 114 Å². The average Bonchev–Trinajstić information content (AvgIpc) is 3.55.